The topological polar surface area (TPSA) is 0 Å². The van der Waals surface area contributed by atoms with E-state index in [0.717, 1.165) is 43.1 Å². The molecule has 4 aliphatic rings. The smallest absolute Gasteiger partial charge is 0.0622 e. The first-order valence-electron chi connectivity index (χ1n) is 66.4. The van der Waals surface area contributed by atoms with Crippen molar-refractivity contribution < 1.29 is 27.4 Å². The van der Waals surface area contributed by atoms with Crippen LogP contribution in [0.15, 0.2) is 315 Å². The predicted molar refractivity (Wildman–Crippen MR) is 662 cm³/mol. The summed E-state index contributed by atoms with van der Waals surface area (Å²) in [5.74, 6) is 0.766. The van der Waals surface area contributed by atoms with E-state index in [1.807, 2.05) is 41.5 Å². The Balaban J connectivity index is 0.000000169. The first-order chi connectivity index (χ1) is 78.8. The predicted octanol–water partition coefficient (Wildman–Crippen LogP) is 45.2. The standard InChI is InChI=1S/C38H54.2C23H24.2C22H34.C22H22/c1-34(2,3)27-19-25(20-28(23-27)35(4,5)6)31-17-16-18-32(33(31)38(13,14)15)26-21-29(36(7,8)9)24-30(22-26)37(10,11)12;1-17-10-8-13-19(16-17)21-15-9-14-20(22(21)23(2,3)4)18-11-6-5-7-12-18;1-17-10-12-19(13-11-17)21-14-20(18-8-6-5-7-9-18)15-22(16-21)23(2,3)4;2*1-22(2,3)21-19(17-11-6-4-7-12-17)15-10-16-20(21)18-13-8-5-9-14-18;1-22(2,3)21-15-19(17-10-6-4-7-11-17)14-20(16-21)18-12-8-5-9-13-18/h16-24H,1-15H3;2*5-16H,1-4H3;2*10,15-18H,4-9,11-14H2,1-3H3;4-16H,1-3H3/i;5D,6D,7D,8D,10D,11D,12D,13D,16D;5D,6D,7D,8D,9D,10D,11D,12D,13D;17D,18D;;. The van der Waals surface area contributed by atoms with Crippen LogP contribution in [0.25, 0.3) is 89.0 Å². The second kappa shape index (κ2) is 49.4. The van der Waals surface area contributed by atoms with Crippen LogP contribution in [0, 0.1) is 13.8 Å². The lowest BCUT2D eigenvalue weighted by Gasteiger charge is -2.35. The molecule has 0 aliphatic heterocycles. The van der Waals surface area contributed by atoms with Crippen LogP contribution in [-0.2, 0) is 54.1 Å². The van der Waals surface area contributed by atoms with E-state index in [1.54, 1.807) is 60.0 Å². The van der Waals surface area contributed by atoms with Gasteiger partial charge in [-0.05, 0) is 322 Å². The van der Waals surface area contributed by atoms with E-state index in [2.05, 4.69) is 336 Å². The van der Waals surface area contributed by atoms with Crippen LogP contribution in [0.3, 0.4) is 0 Å². The normalized spacial score (nSPS) is 17.4. The van der Waals surface area contributed by atoms with E-state index in [0.29, 0.717) is 27.8 Å². The Labute approximate surface area is 942 Å². The molecule has 0 N–H and O–H groups in total. The summed E-state index contributed by atoms with van der Waals surface area (Å²) in [5.41, 5.74) is 31.5. The van der Waals surface area contributed by atoms with Crippen molar-refractivity contribution in [3.8, 4) is 89.0 Å². The third-order valence-corrected chi connectivity index (χ3v) is 30.5. The van der Waals surface area contributed by atoms with Gasteiger partial charge in [-0.15, -0.1) is 0 Å². The van der Waals surface area contributed by atoms with E-state index >= 15 is 0 Å². The summed E-state index contributed by atoms with van der Waals surface area (Å²) < 4.78 is 166. The van der Waals surface area contributed by atoms with E-state index < -0.39 is 53.5 Å². The van der Waals surface area contributed by atoms with E-state index in [1.165, 1.54) is 204 Å². The lowest BCUT2D eigenvalue weighted by molar-refractivity contribution is 0.420. The van der Waals surface area contributed by atoms with Crippen molar-refractivity contribution in [2.45, 2.75) is 428 Å². The van der Waals surface area contributed by atoms with Crippen LogP contribution < -0.4 is 0 Å². The number of rotatable bonds is 12. The molecule has 14 aromatic carbocycles. The van der Waals surface area contributed by atoms with Crippen LogP contribution in [0.1, 0.15) is 476 Å². The van der Waals surface area contributed by atoms with E-state index in [9.17, 15) is 2.74 Å². The molecule has 0 aromatic heterocycles. The largest absolute Gasteiger partial charge is 0.0632 e. The number of hydrogen-bond acceptors (Lipinski definition) is 0. The maximum Gasteiger partial charge on any atom is 0.0632 e. The zero-order valence-electron chi connectivity index (χ0n) is 118. The van der Waals surface area contributed by atoms with Crippen LogP contribution in [0.4, 0.5) is 0 Å². The fourth-order valence-electron chi connectivity index (χ4n) is 22.2. The third kappa shape index (κ3) is 31.2. The molecule has 0 amide bonds. The Morgan fingerprint density at radius 1 is 0.187 bits per heavy atom. The molecule has 4 saturated carbocycles. The summed E-state index contributed by atoms with van der Waals surface area (Å²) in [6.45, 7) is 70.6. The zero-order valence-corrected chi connectivity index (χ0v) is 97.9. The molecule has 0 heteroatoms. The van der Waals surface area contributed by atoms with E-state index in [-0.39, 0.29) is 155 Å². The van der Waals surface area contributed by atoms with Gasteiger partial charge in [0.25, 0.3) is 0 Å². The lowest BCUT2D eigenvalue weighted by Crippen LogP contribution is -2.22. The third-order valence-electron chi connectivity index (χ3n) is 30.5. The van der Waals surface area contributed by atoms with Crippen molar-refractivity contribution in [2.75, 3.05) is 0 Å². The molecule has 150 heavy (non-hydrogen) atoms. The van der Waals surface area contributed by atoms with Crippen LogP contribution in [0.2, 0.25) is 0 Å². The summed E-state index contributed by atoms with van der Waals surface area (Å²) >= 11 is 0. The Kier molecular flexibility index (Phi) is 29.9. The average molecular weight is 2020 g/mol. The summed E-state index contributed by atoms with van der Waals surface area (Å²) in [5, 5.41) is 0. The quantitative estimate of drug-likeness (QED) is 0.114. The molecule has 0 heterocycles. The lowest BCUT2D eigenvalue weighted by atomic mass is 9.70. The molecular formula is C150H192. The van der Waals surface area contributed by atoms with Crippen molar-refractivity contribution in [3.05, 3.63) is 404 Å². The molecule has 0 saturated heterocycles. The first-order valence-corrected chi connectivity index (χ1v) is 56.4. The number of hydrogen-bond donors (Lipinski definition) is 0. The highest BCUT2D eigenvalue weighted by atomic mass is 14.4. The Bertz CT molecular complexity index is 7400. The molecule has 0 atom stereocenters. The maximum absolute atomic E-state index is 9.20. The Morgan fingerprint density at radius 2 is 0.447 bits per heavy atom. The van der Waals surface area contributed by atoms with Gasteiger partial charge in [-0.3, -0.25) is 0 Å². The average Bonchev–Trinajstić information content (AvgIpc) is 0.735. The molecule has 0 spiro atoms. The summed E-state index contributed by atoms with van der Waals surface area (Å²) in [6.07, 6.45) is 25.4. The van der Waals surface area contributed by atoms with Gasteiger partial charge in [0.1, 0.15) is 0 Å². The zero-order chi connectivity index (χ0) is 126. The van der Waals surface area contributed by atoms with Gasteiger partial charge in [0.2, 0.25) is 0 Å². The Morgan fingerprint density at radius 3 is 0.773 bits per heavy atom. The molecule has 4 fully saturated rings. The van der Waals surface area contributed by atoms with Gasteiger partial charge in [-0.25, -0.2) is 0 Å². The summed E-state index contributed by atoms with van der Waals surface area (Å²) in [4.78, 5) is 0. The fraction of sp³-hybridized carbons (Fsp3) is 0.440. The highest BCUT2D eigenvalue weighted by Crippen LogP contribution is 2.51. The molecule has 4 aliphatic carbocycles. The molecular weight excluding hydrogens is 1800 g/mol. The molecule has 792 valence electrons. The van der Waals surface area contributed by atoms with Crippen molar-refractivity contribution in [1.29, 1.82) is 0 Å². The summed E-state index contributed by atoms with van der Waals surface area (Å²) in [7, 11) is 0. The molecule has 14 aromatic rings. The highest BCUT2D eigenvalue weighted by Gasteiger charge is 2.36. The van der Waals surface area contributed by atoms with Gasteiger partial charge in [-0.1, -0.05) is 599 Å². The molecule has 18 rings (SSSR count). The SMILES string of the molecule is CC(C)(C)c1c(C2CCCCC2)cccc1C1CCCCC1.CC(C)(C)c1cc(-c2cccc(-c3cc(C(C)(C)C)cc(C(C)(C)C)c3)c2C(C)(C)C)cc(C(C)(C)C)c1.CC(C)(C)c1cc(-c2ccccc2)cc(-c2ccccc2)c1.[2H]C1(c2cccc(C3([2H])CCCCC3)c2C(C)(C)C)CCCCC1.[2H]c1c([2H])c([2H])c(-c2cc(-c3c([2H])c([2H])c(C)c([2H])c3[2H])cc(C(C)(C)C)c2)c([2H])c1[2H].[2H]c1c([2H])c([2H])c(-c2cccc(-c3c([2H])c([2H])c([2H])c(C)c3[2H])c2C(C)(C)C)c([2H])c1[2H]. The van der Waals surface area contributed by atoms with Crippen molar-refractivity contribution in [1.82, 2.24) is 0 Å². The van der Waals surface area contributed by atoms with Gasteiger partial charge < -0.3 is 0 Å². The molecule has 0 nitrogen and oxygen atoms in total. The second-order valence-corrected chi connectivity index (χ2v) is 53.4. The monoisotopic (exact) mass is 2010 g/mol. The van der Waals surface area contributed by atoms with Crippen molar-refractivity contribution in [2.24, 2.45) is 0 Å². The van der Waals surface area contributed by atoms with Crippen LogP contribution >= 0.6 is 0 Å². The maximum atomic E-state index is 9.20. The van der Waals surface area contributed by atoms with Crippen LogP contribution in [-0.4, -0.2) is 0 Å². The van der Waals surface area contributed by atoms with Crippen LogP contribution in [0.5, 0.6) is 0 Å². The molecule has 0 radical (unpaired) electrons. The molecule has 0 bridgehead atoms. The second-order valence-electron chi connectivity index (χ2n) is 53.4. The minimum atomic E-state index is -0.594. The molecule has 0 unspecified atom stereocenters. The minimum Gasteiger partial charge on any atom is -0.0622 e. The minimum absolute atomic E-state index is 0.0110. The first kappa shape index (κ1) is 90.6. The fourth-order valence-corrected chi connectivity index (χ4v) is 22.2. The van der Waals surface area contributed by atoms with Gasteiger partial charge in [-0.2, -0.15) is 0 Å². The summed E-state index contributed by atoms with van der Waals surface area (Å²) in [6, 6.07) is 68.4. The van der Waals surface area contributed by atoms with Crippen molar-refractivity contribution in [3.63, 3.8) is 0 Å². The van der Waals surface area contributed by atoms with Gasteiger partial charge in [0.05, 0.1) is 24.7 Å². The van der Waals surface area contributed by atoms with Crippen molar-refractivity contribution >= 4 is 0 Å². The van der Waals surface area contributed by atoms with E-state index in [4.69, 9.17) is 24.7 Å². The van der Waals surface area contributed by atoms with Gasteiger partial charge >= 0.3 is 0 Å². The van der Waals surface area contributed by atoms with Gasteiger partial charge in [0, 0.05) is 2.74 Å². The Hall–Kier alpha value is -10.9. The highest BCUT2D eigenvalue weighted by molar-refractivity contribution is 5.84. The van der Waals surface area contributed by atoms with Gasteiger partial charge in [0.15, 0.2) is 0 Å². The number of benzene rings is 14.